The lowest BCUT2D eigenvalue weighted by Crippen LogP contribution is -2.07. The van der Waals surface area contributed by atoms with Gasteiger partial charge in [-0.15, -0.1) is 0 Å². The van der Waals surface area contributed by atoms with E-state index in [2.05, 4.69) is 13.8 Å². The van der Waals surface area contributed by atoms with Crippen LogP contribution < -0.4 is 0 Å². The molecule has 1 fully saturated rings. The normalized spacial score (nSPS) is 15.1. The fourth-order valence-corrected chi connectivity index (χ4v) is 2.43. The minimum atomic E-state index is 0.0986. The number of hydrogen-bond acceptors (Lipinski definition) is 2. The molecule has 1 aliphatic rings. The molecule has 1 saturated carbocycles. The predicted octanol–water partition coefficient (Wildman–Crippen LogP) is 4.59. The smallest absolute Gasteiger partial charge is 0.115 e. The van der Waals surface area contributed by atoms with E-state index in [0.29, 0.717) is 11.5 Å². The van der Waals surface area contributed by atoms with Gasteiger partial charge in [-0.1, -0.05) is 44.5 Å². The summed E-state index contributed by atoms with van der Waals surface area (Å²) in [6, 6.07) is 14.9. The van der Waals surface area contributed by atoms with Gasteiger partial charge in [0, 0.05) is 5.41 Å². The van der Waals surface area contributed by atoms with Crippen molar-refractivity contribution in [3.8, 4) is 11.5 Å². The maximum atomic E-state index is 9.32. The molecule has 2 aromatic rings. The van der Waals surface area contributed by atoms with Gasteiger partial charge >= 0.3 is 0 Å². The van der Waals surface area contributed by atoms with Crippen molar-refractivity contribution in [2.24, 2.45) is 0 Å². The predicted molar refractivity (Wildman–Crippen MR) is 82.2 cm³/mol. The molecule has 0 heterocycles. The summed E-state index contributed by atoms with van der Waals surface area (Å²) < 4.78 is 0. The largest absolute Gasteiger partial charge is 0.508 e. The number of hydrogen-bond donors (Lipinski definition) is 2. The Bertz CT molecular complexity index is 489. The van der Waals surface area contributed by atoms with Crippen molar-refractivity contribution in [3.63, 3.8) is 0 Å². The van der Waals surface area contributed by atoms with Crippen molar-refractivity contribution < 1.29 is 10.2 Å². The average Bonchev–Trinajstić information content (AvgIpc) is 3.23. The van der Waals surface area contributed by atoms with E-state index in [9.17, 15) is 10.2 Å². The molecule has 2 N–H and O–H groups in total. The highest BCUT2D eigenvalue weighted by Crippen LogP contribution is 2.53. The molecule has 0 aliphatic heterocycles. The van der Waals surface area contributed by atoms with Crippen molar-refractivity contribution in [2.75, 3.05) is 0 Å². The Kier molecular flexibility index (Phi) is 4.33. The lowest BCUT2D eigenvalue weighted by atomic mass is 9.88. The van der Waals surface area contributed by atoms with Crippen LogP contribution in [0.25, 0.3) is 0 Å². The van der Waals surface area contributed by atoms with Gasteiger partial charge in [-0.3, -0.25) is 0 Å². The van der Waals surface area contributed by atoms with E-state index in [0.717, 1.165) is 12.8 Å². The van der Waals surface area contributed by atoms with E-state index in [-0.39, 0.29) is 5.41 Å². The number of benzene rings is 2. The van der Waals surface area contributed by atoms with Gasteiger partial charge in [-0.25, -0.2) is 0 Å². The molecular weight excluding hydrogens is 248 g/mol. The van der Waals surface area contributed by atoms with Gasteiger partial charge in [0.1, 0.15) is 11.5 Å². The van der Waals surface area contributed by atoms with Crippen LogP contribution in [0.2, 0.25) is 0 Å². The molecule has 0 aromatic heterocycles. The van der Waals surface area contributed by atoms with Crippen LogP contribution in [0.5, 0.6) is 11.5 Å². The highest BCUT2D eigenvalue weighted by atomic mass is 16.3. The first kappa shape index (κ1) is 14.4. The van der Waals surface area contributed by atoms with Crippen LogP contribution in [-0.2, 0) is 5.41 Å². The van der Waals surface area contributed by atoms with E-state index < -0.39 is 0 Å². The molecule has 106 valence electrons. The van der Waals surface area contributed by atoms with Gasteiger partial charge in [0.15, 0.2) is 0 Å². The third-order valence-electron chi connectivity index (χ3n) is 3.59. The number of phenols is 2. The highest BCUT2D eigenvalue weighted by Gasteiger charge is 2.45. The van der Waals surface area contributed by atoms with Crippen molar-refractivity contribution in [1.82, 2.24) is 0 Å². The van der Waals surface area contributed by atoms with Crippen LogP contribution in [0.1, 0.15) is 44.2 Å². The van der Waals surface area contributed by atoms with Crippen LogP contribution in [0, 0.1) is 0 Å². The second-order valence-corrected chi connectivity index (χ2v) is 5.38. The minimum Gasteiger partial charge on any atom is -0.508 e. The SMILES string of the molecule is CCC.Oc1ccc(C2(c3ccc(O)cc3)CC2)cc1. The van der Waals surface area contributed by atoms with Gasteiger partial charge in [0.2, 0.25) is 0 Å². The maximum absolute atomic E-state index is 9.32. The summed E-state index contributed by atoms with van der Waals surface area (Å²) in [7, 11) is 0. The van der Waals surface area contributed by atoms with Gasteiger partial charge in [0.05, 0.1) is 0 Å². The van der Waals surface area contributed by atoms with Gasteiger partial charge in [-0.05, 0) is 48.2 Å². The summed E-state index contributed by atoms with van der Waals surface area (Å²) in [5, 5.41) is 18.6. The summed E-state index contributed by atoms with van der Waals surface area (Å²) in [5.74, 6) is 0.602. The molecule has 20 heavy (non-hydrogen) atoms. The third kappa shape index (κ3) is 2.96. The average molecular weight is 270 g/mol. The molecule has 0 saturated heterocycles. The molecule has 0 spiro atoms. The first-order valence-corrected chi connectivity index (χ1v) is 7.21. The summed E-state index contributed by atoms with van der Waals surface area (Å²) in [5.41, 5.74) is 2.57. The molecule has 2 heteroatoms. The Hall–Kier alpha value is -1.96. The van der Waals surface area contributed by atoms with Crippen molar-refractivity contribution in [3.05, 3.63) is 59.7 Å². The highest BCUT2D eigenvalue weighted by molar-refractivity contribution is 5.47. The molecule has 2 aromatic carbocycles. The minimum absolute atomic E-state index is 0.0986. The molecule has 1 aliphatic carbocycles. The van der Waals surface area contributed by atoms with Crippen molar-refractivity contribution in [1.29, 1.82) is 0 Å². The molecule has 0 unspecified atom stereocenters. The number of aromatic hydroxyl groups is 2. The van der Waals surface area contributed by atoms with Gasteiger partial charge in [0.25, 0.3) is 0 Å². The Morgan fingerprint density at radius 1 is 0.750 bits per heavy atom. The van der Waals surface area contributed by atoms with Crippen LogP contribution in [0.15, 0.2) is 48.5 Å². The second kappa shape index (κ2) is 6.00. The van der Waals surface area contributed by atoms with Crippen LogP contribution in [0.3, 0.4) is 0 Å². The molecule has 0 atom stereocenters. The van der Waals surface area contributed by atoms with Crippen molar-refractivity contribution in [2.45, 2.75) is 38.5 Å². The standard InChI is InChI=1S/C15H14O2.C3H8/c16-13-5-1-11(2-6-13)15(9-10-15)12-3-7-14(17)8-4-12;1-3-2/h1-8,16-17H,9-10H2;3H2,1-2H3. The molecule has 0 bridgehead atoms. The number of rotatable bonds is 2. The molecular formula is C18H22O2. The van der Waals surface area contributed by atoms with E-state index >= 15 is 0 Å². The Balaban J connectivity index is 0.000000452. The van der Waals surface area contributed by atoms with Crippen LogP contribution in [0.4, 0.5) is 0 Å². The third-order valence-corrected chi connectivity index (χ3v) is 3.59. The summed E-state index contributed by atoms with van der Waals surface area (Å²) in [6.45, 7) is 4.25. The zero-order valence-corrected chi connectivity index (χ0v) is 12.1. The fourth-order valence-electron chi connectivity index (χ4n) is 2.43. The quantitative estimate of drug-likeness (QED) is 0.837. The Labute approximate surface area is 120 Å². The van der Waals surface area contributed by atoms with Crippen molar-refractivity contribution >= 4 is 0 Å². The number of phenolic OH excluding ortho intramolecular Hbond substituents is 2. The zero-order valence-electron chi connectivity index (χ0n) is 12.1. The zero-order chi connectivity index (χ0) is 14.6. The van der Waals surface area contributed by atoms with E-state index in [4.69, 9.17) is 0 Å². The fraction of sp³-hybridized carbons (Fsp3) is 0.333. The summed E-state index contributed by atoms with van der Waals surface area (Å²) in [4.78, 5) is 0. The Morgan fingerprint density at radius 2 is 1.05 bits per heavy atom. The summed E-state index contributed by atoms with van der Waals surface area (Å²) >= 11 is 0. The molecule has 0 amide bonds. The maximum Gasteiger partial charge on any atom is 0.115 e. The first-order chi connectivity index (χ1) is 9.62. The Morgan fingerprint density at radius 3 is 1.30 bits per heavy atom. The topological polar surface area (TPSA) is 40.5 Å². The van der Waals surface area contributed by atoms with Gasteiger partial charge < -0.3 is 10.2 Å². The molecule has 0 radical (unpaired) electrons. The first-order valence-electron chi connectivity index (χ1n) is 7.21. The second-order valence-electron chi connectivity index (χ2n) is 5.38. The van der Waals surface area contributed by atoms with E-state index in [1.165, 1.54) is 17.5 Å². The van der Waals surface area contributed by atoms with Crippen LogP contribution >= 0.6 is 0 Å². The molecule has 2 nitrogen and oxygen atoms in total. The molecule has 3 rings (SSSR count). The van der Waals surface area contributed by atoms with Gasteiger partial charge in [-0.2, -0.15) is 0 Å². The summed E-state index contributed by atoms with van der Waals surface area (Å²) in [6.07, 6.45) is 3.51. The monoisotopic (exact) mass is 270 g/mol. The lowest BCUT2D eigenvalue weighted by molar-refractivity contribution is 0.475. The van der Waals surface area contributed by atoms with Crippen LogP contribution in [-0.4, -0.2) is 10.2 Å². The van der Waals surface area contributed by atoms with E-state index in [1.54, 1.807) is 24.3 Å². The lowest BCUT2D eigenvalue weighted by Gasteiger charge is -2.16. The van der Waals surface area contributed by atoms with E-state index in [1.807, 2.05) is 24.3 Å².